The van der Waals surface area contributed by atoms with Crippen LogP contribution in [0.1, 0.15) is 34.1 Å². The third-order valence-corrected chi connectivity index (χ3v) is 4.23. The lowest BCUT2D eigenvalue weighted by Crippen LogP contribution is -2.50. The molecule has 23 heavy (non-hydrogen) atoms. The van der Waals surface area contributed by atoms with Gasteiger partial charge in [-0.25, -0.2) is 14.7 Å². The Labute approximate surface area is 136 Å². The highest BCUT2D eigenvalue weighted by atomic mass is 32.2. The van der Waals surface area contributed by atoms with E-state index in [0.29, 0.717) is 17.3 Å². The standard InChI is InChI=1S/C13H25N3O6S/c1-9-6-10(15(7-9)11(17)21-5)8-16(23(14,19)20)12(18)22-13(2,3)4/h9-10H,6-8H2,1-5H3,(H2,14,19,20)/t9-,10-/m0/s1. The molecule has 0 saturated carbocycles. The minimum absolute atomic E-state index is 0.153. The first-order chi connectivity index (χ1) is 10.3. The topological polar surface area (TPSA) is 119 Å². The van der Waals surface area contributed by atoms with E-state index in [4.69, 9.17) is 14.6 Å². The van der Waals surface area contributed by atoms with Crippen LogP contribution in [0.15, 0.2) is 0 Å². The van der Waals surface area contributed by atoms with E-state index in [1.54, 1.807) is 20.8 Å². The highest BCUT2D eigenvalue weighted by Gasteiger charge is 2.39. The number of amides is 2. The Morgan fingerprint density at radius 2 is 1.91 bits per heavy atom. The van der Waals surface area contributed by atoms with Gasteiger partial charge in [0.15, 0.2) is 0 Å². The summed E-state index contributed by atoms with van der Waals surface area (Å²) < 4.78 is 33.7. The lowest BCUT2D eigenvalue weighted by Gasteiger charge is -2.30. The minimum Gasteiger partial charge on any atom is -0.453 e. The Bertz CT molecular complexity index is 557. The van der Waals surface area contributed by atoms with Gasteiger partial charge in [0.05, 0.1) is 19.7 Å². The second kappa shape index (κ2) is 6.91. The van der Waals surface area contributed by atoms with Gasteiger partial charge in [-0.3, -0.25) is 0 Å². The van der Waals surface area contributed by atoms with Gasteiger partial charge in [0.25, 0.3) is 0 Å². The molecule has 134 valence electrons. The van der Waals surface area contributed by atoms with Gasteiger partial charge in [0.2, 0.25) is 0 Å². The number of nitrogens with zero attached hydrogens (tertiary/aromatic N) is 2. The van der Waals surface area contributed by atoms with Crippen LogP contribution in [0.3, 0.4) is 0 Å². The summed E-state index contributed by atoms with van der Waals surface area (Å²) in [6, 6.07) is -0.511. The van der Waals surface area contributed by atoms with Crippen molar-refractivity contribution in [1.82, 2.24) is 9.21 Å². The summed E-state index contributed by atoms with van der Waals surface area (Å²) in [5.41, 5.74) is -0.870. The number of ether oxygens (including phenoxy) is 2. The van der Waals surface area contributed by atoms with Crippen molar-refractivity contribution in [2.75, 3.05) is 20.2 Å². The van der Waals surface area contributed by atoms with Crippen molar-refractivity contribution in [3.05, 3.63) is 0 Å². The average molecular weight is 351 g/mol. The molecule has 0 aromatic rings. The monoisotopic (exact) mass is 351 g/mol. The zero-order valence-corrected chi connectivity index (χ0v) is 14.9. The van der Waals surface area contributed by atoms with E-state index in [1.807, 2.05) is 6.92 Å². The molecule has 0 bridgehead atoms. The van der Waals surface area contributed by atoms with Crippen LogP contribution < -0.4 is 5.14 Å². The molecule has 0 radical (unpaired) electrons. The smallest absolute Gasteiger partial charge is 0.425 e. The third-order valence-electron chi connectivity index (χ3n) is 3.31. The maximum Gasteiger partial charge on any atom is 0.425 e. The Morgan fingerprint density at radius 3 is 2.35 bits per heavy atom. The van der Waals surface area contributed by atoms with Crippen molar-refractivity contribution in [2.45, 2.75) is 45.8 Å². The minimum atomic E-state index is -4.32. The molecule has 9 nitrogen and oxygen atoms in total. The molecule has 1 aliphatic rings. The number of carbonyl (C=O) groups is 2. The molecular weight excluding hydrogens is 326 g/mol. The summed E-state index contributed by atoms with van der Waals surface area (Å²) in [5, 5.41) is 5.13. The van der Waals surface area contributed by atoms with Crippen LogP contribution in [0.25, 0.3) is 0 Å². The number of methoxy groups -OCH3 is 1. The fraction of sp³-hybridized carbons (Fsp3) is 0.846. The summed E-state index contributed by atoms with van der Waals surface area (Å²) in [7, 11) is -3.07. The zero-order valence-electron chi connectivity index (χ0n) is 14.1. The second-order valence-electron chi connectivity index (χ2n) is 6.67. The number of carbonyl (C=O) groups excluding carboxylic acids is 2. The number of rotatable bonds is 3. The van der Waals surface area contributed by atoms with E-state index in [9.17, 15) is 18.0 Å². The van der Waals surface area contributed by atoms with Crippen molar-refractivity contribution in [2.24, 2.45) is 11.1 Å². The number of hydrogen-bond acceptors (Lipinski definition) is 6. The normalized spacial score (nSPS) is 21.9. The van der Waals surface area contributed by atoms with E-state index < -0.39 is 34.0 Å². The molecule has 1 fully saturated rings. The fourth-order valence-electron chi connectivity index (χ4n) is 2.45. The van der Waals surface area contributed by atoms with E-state index in [-0.39, 0.29) is 12.5 Å². The molecule has 2 atom stereocenters. The van der Waals surface area contributed by atoms with Crippen molar-refractivity contribution < 1.29 is 27.5 Å². The molecule has 0 aromatic heterocycles. The van der Waals surface area contributed by atoms with Crippen LogP contribution >= 0.6 is 0 Å². The van der Waals surface area contributed by atoms with E-state index in [0.717, 1.165) is 0 Å². The summed E-state index contributed by atoms with van der Waals surface area (Å²) in [6.45, 7) is 6.92. The predicted octanol–water partition coefficient (Wildman–Crippen LogP) is 0.904. The van der Waals surface area contributed by atoms with E-state index >= 15 is 0 Å². The van der Waals surface area contributed by atoms with Crippen molar-refractivity contribution in [1.29, 1.82) is 0 Å². The predicted molar refractivity (Wildman–Crippen MR) is 82.7 cm³/mol. The van der Waals surface area contributed by atoms with Gasteiger partial charge in [0.1, 0.15) is 5.60 Å². The quantitative estimate of drug-likeness (QED) is 0.807. The number of nitrogens with two attached hydrogens (primary N) is 1. The molecule has 0 aromatic carbocycles. The highest BCUT2D eigenvalue weighted by Crippen LogP contribution is 2.25. The summed E-state index contributed by atoms with van der Waals surface area (Å²) in [4.78, 5) is 25.3. The second-order valence-corrected chi connectivity index (χ2v) is 8.14. The lowest BCUT2D eigenvalue weighted by atomic mass is 10.1. The van der Waals surface area contributed by atoms with Crippen LogP contribution in [-0.4, -0.2) is 61.7 Å². The van der Waals surface area contributed by atoms with Crippen LogP contribution in [0, 0.1) is 5.92 Å². The Morgan fingerprint density at radius 1 is 1.35 bits per heavy atom. The van der Waals surface area contributed by atoms with Crippen molar-refractivity contribution >= 4 is 22.4 Å². The number of hydrogen-bond donors (Lipinski definition) is 1. The maximum atomic E-state index is 12.1. The van der Waals surface area contributed by atoms with Crippen LogP contribution in [-0.2, 0) is 19.7 Å². The Kier molecular flexibility index (Phi) is 5.86. The molecule has 2 N–H and O–H groups in total. The first-order valence-corrected chi connectivity index (χ1v) is 8.73. The molecule has 0 aliphatic carbocycles. The largest absolute Gasteiger partial charge is 0.453 e. The summed E-state index contributed by atoms with van der Waals surface area (Å²) in [6.07, 6.45) is -1.11. The first kappa shape index (κ1) is 19.5. The Balaban J connectivity index is 2.97. The maximum absolute atomic E-state index is 12.1. The molecule has 0 spiro atoms. The van der Waals surface area contributed by atoms with E-state index in [2.05, 4.69) is 0 Å². The van der Waals surface area contributed by atoms with Crippen LogP contribution in [0.4, 0.5) is 9.59 Å². The van der Waals surface area contributed by atoms with Crippen LogP contribution in [0.2, 0.25) is 0 Å². The number of likely N-dealkylation sites (tertiary alicyclic amines) is 1. The van der Waals surface area contributed by atoms with Gasteiger partial charge >= 0.3 is 22.4 Å². The first-order valence-electron chi connectivity index (χ1n) is 7.23. The van der Waals surface area contributed by atoms with Crippen molar-refractivity contribution in [3.8, 4) is 0 Å². The average Bonchev–Trinajstić information content (AvgIpc) is 2.72. The van der Waals surface area contributed by atoms with Gasteiger partial charge in [-0.05, 0) is 33.1 Å². The summed E-state index contributed by atoms with van der Waals surface area (Å²) >= 11 is 0. The molecule has 1 heterocycles. The van der Waals surface area contributed by atoms with Gasteiger partial charge in [-0.1, -0.05) is 6.92 Å². The van der Waals surface area contributed by atoms with Gasteiger partial charge in [0, 0.05) is 6.54 Å². The molecule has 1 rings (SSSR count). The van der Waals surface area contributed by atoms with E-state index in [1.165, 1.54) is 12.0 Å². The SMILES string of the molecule is COC(=O)N1C[C@@H](C)C[C@H]1CN(C(=O)OC(C)(C)C)S(N)(=O)=O. The molecule has 1 saturated heterocycles. The molecule has 0 unspecified atom stereocenters. The zero-order chi connectivity index (χ0) is 18.0. The third kappa shape index (κ3) is 5.54. The Hall–Kier alpha value is -1.55. The summed E-state index contributed by atoms with van der Waals surface area (Å²) in [5.74, 6) is 0.153. The van der Waals surface area contributed by atoms with Gasteiger partial charge in [-0.2, -0.15) is 12.7 Å². The van der Waals surface area contributed by atoms with Crippen LogP contribution in [0.5, 0.6) is 0 Å². The fourth-order valence-corrected chi connectivity index (χ4v) is 3.08. The molecule has 2 amide bonds. The molecule has 10 heteroatoms. The molecular formula is C13H25N3O6S. The van der Waals surface area contributed by atoms with Crippen molar-refractivity contribution in [3.63, 3.8) is 0 Å². The van der Waals surface area contributed by atoms with Gasteiger partial charge < -0.3 is 14.4 Å². The lowest BCUT2D eigenvalue weighted by molar-refractivity contribution is 0.0357. The molecule has 1 aliphatic heterocycles. The van der Waals surface area contributed by atoms with Gasteiger partial charge in [-0.15, -0.1) is 0 Å². The highest BCUT2D eigenvalue weighted by molar-refractivity contribution is 7.87.